The molecule has 22 heavy (non-hydrogen) atoms. The minimum Gasteiger partial charge on any atom is -0.314 e. The van der Waals surface area contributed by atoms with Crippen LogP contribution < -0.4 is 5.32 Å². The van der Waals surface area contributed by atoms with Gasteiger partial charge in [0, 0.05) is 37.8 Å². The third kappa shape index (κ3) is 4.92. The maximum absolute atomic E-state index is 14.4. The summed E-state index contributed by atoms with van der Waals surface area (Å²) >= 11 is 0. The van der Waals surface area contributed by atoms with Gasteiger partial charge in [0.2, 0.25) is 0 Å². The largest absolute Gasteiger partial charge is 0.314 e. The Morgan fingerprint density at radius 3 is 2.50 bits per heavy atom. The molecule has 126 valence electrons. The fourth-order valence-corrected chi connectivity index (χ4v) is 2.76. The molecule has 1 aliphatic rings. The second-order valence-electron chi connectivity index (χ2n) is 5.26. The summed E-state index contributed by atoms with van der Waals surface area (Å²) in [6.07, 6.45) is 3.25. The Labute approximate surface area is 143 Å². The van der Waals surface area contributed by atoms with Crippen LogP contribution in [0, 0.1) is 18.6 Å². The van der Waals surface area contributed by atoms with Crippen LogP contribution in [0.25, 0.3) is 0 Å². The van der Waals surface area contributed by atoms with E-state index in [1.54, 1.807) is 13.0 Å². The van der Waals surface area contributed by atoms with E-state index in [-0.39, 0.29) is 36.4 Å². The van der Waals surface area contributed by atoms with Crippen LogP contribution in [0.5, 0.6) is 0 Å². The number of aryl methyl sites for hydroxylation is 1. The highest BCUT2D eigenvalue weighted by atomic mass is 35.5. The van der Waals surface area contributed by atoms with Gasteiger partial charge in [-0.25, -0.2) is 8.78 Å². The maximum Gasteiger partial charge on any atom is 0.133 e. The summed E-state index contributed by atoms with van der Waals surface area (Å²) in [5.41, 5.74) is 0.717. The number of nitrogens with zero attached hydrogens (tertiary/aromatic N) is 1. The third-order valence-electron chi connectivity index (χ3n) is 3.89. The van der Waals surface area contributed by atoms with Crippen molar-refractivity contribution in [3.63, 3.8) is 0 Å². The standard InChI is InChI=1S/C16H22F2N2.2ClH/c1-3-4-5-14(20-10-8-19-9-11-20)15-13(17)7-6-12(2)16(15)18;;/h3,6-7,14,19H,1,4-5,8-11H2,2H3;2*1H/t14-;;/m0../s1. The summed E-state index contributed by atoms with van der Waals surface area (Å²) in [5.74, 6) is -0.849. The maximum atomic E-state index is 14.4. The number of hydrogen-bond donors (Lipinski definition) is 1. The van der Waals surface area contributed by atoms with Gasteiger partial charge in [-0.2, -0.15) is 0 Å². The van der Waals surface area contributed by atoms with Gasteiger partial charge in [-0.1, -0.05) is 12.1 Å². The van der Waals surface area contributed by atoms with Gasteiger partial charge < -0.3 is 5.32 Å². The summed E-state index contributed by atoms with van der Waals surface area (Å²) in [6, 6.07) is 2.66. The predicted octanol–water partition coefficient (Wildman–Crippen LogP) is 4.03. The normalized spacial score (nSPS) is 16.3. The molecule has 1 aromatic rings. The molecule has 1 aliphatic heterocycles. The quantitative estimate of drug-likeness (QED) is 0.804. The van der Waals surface area contributed by atoms with Crippen molar-refractivity contribution in [2.75, 3.05) is 26.2 Å². The van der Waals surface area contributed by atoms with Crippen LogP contribution in [0.4, 0.5) is 8.78 Å². The lowest BCUT2D eigenvalue weighted by Gasteiger charge is -2.35. The van der Waals surface area contributed by atoms with Crippen LogP contribution in [-0.2, 0) is 0 Å². The highest BCUT2D eigenvalue weighted by Gasteiger charge is 2.27. The molecule has 2 rings (SSSR count). The van der Waals surface area contributed by atoms with Gasteiger partial charge in [0.1, 0.15) is 11.6 Å². The van der Waals surface area contributed by atoms with E-state index in [0.29, 0.717) is 12.0 Å². The monoisotopic (exact) mass is 352 g/mol. The smallest absolute Gasteiger partial charge is 0.133 e. The number of piperazine rings is 1. The summed E-state index contributed by atoms with van der Waals surface area (Å²) in [7, 11) is 0. The van der Waals surface area contributed by atoms with Gasteiger partial charge in [0.15, 0.2) is 0 Å². The van der Waals surface area contributed by atoms with Crippen molar-refractivity contribution in [1.82, 2.24) is 10.2 Å². The number of hydrogen-bond acceptors (Lipinski definition) is 2. The van der Waals surface area contributed by atoms with Crippen molar-refractivity contribution in [3.8, 4) is 0 Å². The molecule has 0 radical (unpaired) electrons. The van der Waals surface area contributed by atoms with Crippen molar-refractivity contribution in [3.05, 3.63) is 47.5 Å². The lowest BCUT2D eigenvalue weighted by molar-refractivity contribution is 0.159. The van der Waals surface area contributed by atoms with E-state index in [4.69, 9.17) is 0 Å². The average molecular weight is 353 g/mol. The Morgan fingerprint density at radius 2 is 1.91 bits per heavy atom. The lowest BCUT2D eigenvalue weighted by atomic mass is 9.96. The molecular formula is C16H24Cl2F2N2. The molecule has 0 amide bonds. The van der Waals surface area contributed by atoms with Crippen molar-refractivity contribution in [1.29, 1.82) is 0 Å². The van der Waals surface area contributed by atoms with E-state index >= 15 is 0 Å². The van der Waals surface area contributed by atoms with Gasteiger partial charge in [0.25, 0.3) is 0 Å². The fourth-order valence-electron chi connectivity index (χ4n) is 2.76. The average Bonchev–Trinajstić information content (AvgIpc) is 2.47. The van der Waals surface area contributed by atoms with Crippen molar-refractivity contribution >= 4 is 24.8 Å². The molecule has 1 heterocycles. The Kier molecular flexibility index (Phi) is 9.85. The van der Waals surface area contributed by atoms with Crippen LogP contribution in [-0.4, -0.2) is 31.1 Å². The molecule has 1 fully saturated rings. The second-order valence-corrected chi connectivity index (χ2v) is 5.26. The molecule has 1 N–H and O–H groups in total. The molecule has 0 saturated carbocycles. The zero-order valence-corrected chi connectivity index (χ0v) is 14.4. The van der Waals surface area contributed by atoms with Crippen molar-refractivity contribution in [2.24, 2.45) is 0 Å². The molecule has 0 unspecified atom stereocenters. The zero-order valence-electron chi connectivity index (χ0n) is 12.8. The SMILES string of the molecule is C=CCC[C@@H](c1c(F)ccc(C)c1F)N1CCNCC1.Cl.Cl. The molecular weight excluding hydrogens is 329 g/mol. The van der Waals surface area contributed by atoms with Gasteiger partial charge >= 0.3 is 0 Å². The Bertz CT molecular complexity index is 477. The summed E-state index contributed by atoms with van der Waals surface area (Å²) < 4.78 is 28.5. The Balaban J connectivity index is 0.00000220. The van der Waals surface area contributed by atoms with Crippen LogP contribution in [0.15, 0.2) is 24.8 Å². The Hall–Kier alpha value is -0.680. The number of rotatable bonds is 5. The molecule has 0 aliphatic carbocycles. The zero-order chi connectivity index (χ0) is 14.5. The topological polar surface area (TPSA) is 15.3 Å². The molecule has 6 heteroatoms. The first kappa shape index (κ1) is 21.3. The number of nitrogens with one attached hydrogen (secondary N) is 1. The van der Waals surface area contributed by atoms with Crippen molar-refractivity contribution < 1.29 is 8.78 Å². The summed E-state index contributed by atoms with van der Waals surface area (Å²) in [6.45, 7) is 8.75. The molecule has 1 saturated heterocycles. The first-order valence-corrected chi connectivity index (χ1v) is 7.15. The minimum atomic E-state index is -0.444. The van der Waals surface area contributed by atoms with Crippen LogP contribution >= 0.6 is 24.8 Å². The van der Waals surface area contributed by atoms with E-state index in [1.807, 2.05) is 0 Å². The third-order valence-corrected chi connectivity index (χ3v) is 3.89. The minimum absolute atomic E-state index is 0. The summed E-state index contributed by atoms with van der Waals surface area (Å²) in [4.78, 5) is 2.17. The molecule has 1 aromatic carbocycles. The molecule has 0 spiro atoms. The molecule has 1 atom stereocenters. The van der Waals surface area contributed by atoms with Crippen molar-refractivity contribution in [2.45, 2.75) is 25.8 Å². The second kappa shape index (κ2) is 10.2. The van der Waals surface area contributed by atoms with Gasteiger partial charge in [-0.05, 0) is 31.4 Å². The van der Waals surface area contributed by atoms with E-state index < -0.39 is 11.6 Å². The molecule has 0 bridgehead atoms. The fraction of sp³-hybridized carbons (Fsp3) is 0.500. The predicted molar refractivity (Wildman–Crippen MR) is 92.2 cm³/mol. The number of halogens is 4. The molecule has 2 nitrogen and oxygen atoms in total. The highest BCUT2D eigenvalue weighted by Crippen LogP contribution is 2.31. The first-order valence-electron chi connectivity index (χ1n) is 7.15. The van der Waals surface area contributed by atoms with Gasteiger partial charge in [0.05, 0.1) is 0 Å². The molecule has 0 aromatic heterocycles. The number of allylic oxidation sites excluding steroid dienone is 1. The van der Waals surface area contributed by atoms with Gasteiger partial charge in [-0.15, -0.1) is 31.4 Å². The van der Waals surface area contributed by atoms with E-state index in [0.717, 1.165) is 32.6 Å². The Morgan fingerprint density at radius 1 is 1.27 bits per heavy atom. The van der Waals surface area contributed by atoms with Crippen LogP contribution in [0.3, 0.4) is 0 Å². The van der Waals surface area contributed by atoms with E-state index in [2.05, 4.69) is 16.8 Å². The van der Waals surface area contributed by atoms with Crippen LogP contribution in [0.1, 0.15) is 30.0 Å². The van der Waals surface area contributed by atoms with Gasteiger partial charge in [-0.3, -0.25) is 4.90 Å². The van der Waals surface area contributed by atoms with E-state index in [1.165, 1.54) is 12.1 Å². The lowest BCUT2D eigenvalue weighted by Crippen LogP contribution is -2.45. The highest BCUT2D eigenvalue weighted by molar-refractivity contribution is 5.85. The van der Waals surface area contributed by atoms with Crippen LogP contribution in [0.2, 0.25) is 0 Å². The number of benzene rings is 1. The summed E-state index contributed by atoms with van der Waals surface area (Å²) in [5, 5.41) is 3.27. The van der Waals surface area contributed by atoms with E-state index in [9.17, 15) is 8.78 Å². The first-order chi connectivity index (χ1) is 9.65.